The molecule has 3 rings (SSSR count). The molecule has 0 aromatic heterocycles. The van der Waals surface area contributed by atoms with E-state index in [0.717, 1.165) is 36.2 Å². The zero-order valence-corrected chi connectivity index (χ0v) is 14.4. The van der Waals surface area contributed by atoms with E-state index in [0.29, 0.717) is 12.0 Å². The van der Waals surface area contributed by atoms with Crippen LogP contribution in [0.15, 0.2) is 22.7 Å². The Morgan fingerprint density at radius 1 is 1.20 bits per heavy atom. The number of hydrogen-bond donors (Lipinski definition) is 1. The summed E-state index contributed by atoms with van der Waals surface area (Å²) < 4.78 is 14.5. The first-order chi connectivity index (χ1) is 8.75. The Morgan fingerprint density at radius 3 is 2.45 bits per heavy atom. The van der Waals surface area contributed by atoms with E-state index in [2.05, 4.69) is 26.1 Å². The molecular weight excluding hydrogens is 366 g/mol. The summed E-state index contributed by atoms with van der Waals surface area (Å²) in [5, 5.41) is 3.38. The molecule has 0 bridgehead atoms. The molecular formula is C14H20BrCl2FN2. The summed E-state index contributed by atoms with van der Waals surface area (Å²) in [6, 6.07) is 5.45. The maximum Gasteiger partial charge on any atom is 0.123 e. The number of hydrogen-bond acceptors (Lipinski definition) is 2. The van der Waals surface area contributed by atoms with Gasteiger partial charge in [-0.25, -0.2) is 4.39 Å². The van der Waals surface area contributed by atoms with Crippen LogP contribution in [0.3, 0.4) is 0 Å². The van der Waals surface area contributed by atoms with Gasteiger partial charge in [-0.05, 0) is 42.5 Å². The molecule has 0 amide bonds. The van der Waals surface area contributed by atoms with E-state index in [1.165, 1.54) is 18.9 Å². The quantitative estimate of drug-likeness (QED) is 0.851. The van der Waals surface area contributed by atoms with Crippen molar-refractivity contribution in [2.24, 2.45) is 5.92 Å². The molecule has 1 saturated carbocycles. The minimum absolute atomic E-state index is 0. The second-order valence-electron chi connectivity index (χ2n) is 5.23. The summed E-state index contributed by atoms with van der Waals surface area (Å²) in [6.07, 6.45) is 2.55. The van der Waals surface area contributed by atoms with Crippen molar-refractivity contribution >= 4 is 40.7 Å². The summed E-state index contributed by atoms with van der Waals surface area (Å²) in [7, 11) is 0. The average Bonchev–Trinajstić information content (AvgIpc) is 3.20. The van der Waals surface area contributed by atoms with Crippen LogP contribution in [0.2, 0.25) is 0 Å². The van der Waals surface area contributed by atoms with Gasteiger partial charge in [0.2, 0.25) is 0 Å². The molecule has 1 N–H and O–H groups in total. The third-order valence-corrected chi connectivity index (χ3v) is 4.61. The lowest BCUT2D eigenvalue weighted by atomic mass is 9.99. The Labute approximate surface area is 140 Å². The van der Waals surface area contributed by atoms with Crippen LogP contribution in [-0.2, 0) is 0 Å². The van der Waals surface area contributed by atoms with E-state index in [9.17, 15) is 4.39 Å². The Bertz CT molecular complexity index is 437. The Kier molecular flexibility index (Phi) is 7.22. The van der Waals surface area contributed by atoms with Gasteiger partial charge in [0.25, 0.3) is 0 Å². The normalized spacial score (nSPS) is 20.7. The average molecular weight is 386 g/mol. The standard InChI is InChI=1S/C14H18BrFN2.2ClH/c15-13-4-3-11(16)9-12(13)14(10-1-2-10)18-7-5-17-6-8-18;;/h3-4,9-10,14,17H,1-2,5-8H2;2*1H/t14-;;/m0../s1. The molecule has 20 heavy (non-hydrogen) atoms. The van der Waals surface area contributed by atoms with Gasteiger partial charge in [-0.15, -0.1) is 24.8 Å². The van der Waals surface area contributed by atoms with E-state index in [1.54, 1.807) is 6.07 Å². The predicted molar refractivity (Wildman–Crippen MR) is 88.5 cm³/mol. The van der Waals surface area contributed by atoms with E-state index in [-0.39, 0.29) is 30.6 Å². The number of benzene rings is 1. The SMILES string of the molecule is Cl.Cl.Fc1ccc(Br)c([C@H](C2CC2)N2CCNCC2)c1. The second kappa shape index (κ2) is 7.95. The highest BCUT2D eigenvalue weighted by Crippen LogP contribution is 2.46. The highest BCUT2D eigenvalue weighted by molar-refractivity contribution is 9.10. The minimum atomic E-state index is -0.131. The van der Waals surface area contributed by atoms with Crippen molar-refractivity contribution in [1.29, 1.82) is 0 Å². The van der Waals surface area contributed by atoms with Crippen molar-refractivity contribution < 1.29 is 4.39 Å². The van der Waals surface area contributed by atoms with Crippen LogP contribution in [0.4, 0.5) is 4.39 Å². The summed E-state index contributed by atoms with van der Waals surface area (Å²) in [5.74, 6) is 0.579. The topological polar surface area (TPSA) is 15.3 Å². The Hall–Kier alpha value is 0.130. The molecule has 6 heteroatoms. The van der Waals surface area contributed by atoms with E-state index >= 15 is 0 Å². The van der Waals surface area contributed by atoms with Crippen molar-refractivity contribution in [2.75, 3.05) is 26.2 Å². The largest absolute Gasteiger partial charge is 0.314 e. The number of nitrogens with zero attached hydrogens (tertiary/aromatic N) is 1. The molecule has 0 spiro atoms. The maximum atomic E-state index is 13.5. The van der Waals surface area contributed by atoms with Crippen LogP contribution in [-0.4, -0.2) is 31.1 Å². The molecule has 1 atom stereocenters. The van der Waals surface area contributed by atoms with Crippen molar-refractivity contribution in [2.45, 2.75) is 18.9 Å². The van der Waals surface area contributed by atoms with Gasteiger partial charge in [0.1, 0.15) is 5.82 Å². The first-order valence-corrected chi connectivity index (χ1v) is 7.45. The Morgan fingerprint density at radius 2 is 1.85 bits per heavy atom. The first kappa shape index (κ1) is 18.2. The van der Waals surface area contributed by atoms with Crippen molar-refractivity contribution in [1.82, 2.24) is 10.2 Å². The lowest BCUT2D eigenvalue weighted by Gasteiger charge is -2.36. The fourth-order valence-corrected chi connectivity index (χ4v) is 3.34. The van der Waals surface area contributed by atoms with Gasteiger partial charge in [0, 0.05) is 36.7 Å². The molecule has 2 aliphatic rings. The van der Waals surface area contributed by atoms with Crippen LogP contribution in [0, 0.1) is 11.7 Å². The van der Waals surface area contributed by atoms with Gasteiger partial charge in [-0.1, -0.05) is 15.9 Å². The van der Waals surface area contributed by atoms with Crippen molar-refractivity contribution in [3.8, 4) is 0 Å². The fourth-order valence-electron chi connectivity index (χ4n) is 2.86. The fraction of sp³-hybridized carbons (Fsp3) is 0.571. The van der Waals surface area contributed by atoms with Gasteiger partial charge in [-0.2, -0.15) is 0 Å². The van der Waals surface area contributed by atoms with Crippen LogP contribution >= 0.6 is 40.7 Å². The third kappa shape index (κ3) is 4.08. The third-order valence-electron chi connectivity index (χ3n) is 3.89. The zero-order valence-electron chi connectivity index (χ0n) is 11.1. The molecule has 1 aliphatic heterocycles. The predicted octanol–water partition coefficient (Wildman–Crippen LogP) is 3.79. The highest BCUT2D eigenvalue weighted by atomic mass is 79.9. The summed E-state index contributed by atoms with van der Waals surface area (Å²) in [5.41, 5.74) is 1.12. The molecule has 114 valence electrons. The van der Waals surface area contributed by atoms with Crippen LogP contribution < -0.4 is 5.32 Å². The van der Waals surface area contributed by atoms with E-state index in [4.69, 9.17) is 0 Å². The van der Waals surface area contributed by atoms with Crippen LogP contribution in [0.5, 0.6) is 0 Å². The molecule has 1 saturated heterocycles. The second-order valence-corrected chi connectivity index (χ2v) is 6.09. The lowest BCUT2D eigenvalue weighted by Crippen LogP contribution is -2.45. The zero-order chi connectivity index (χ0) is 12.5. The number of piperazine rings is 1. The van der Waals surface area contributed by atoms with Gasteiger partial charge < -0.3 is 5.32 Å². The molecule has 2 nitrogen and oxygen atoms in total. The number of nitrogens with one attached hydrogen (secondary N) is 1. The van der Waals surface area contributed by atoms with E-state index in [1.807, 2.05) is 6.07 Å². The summed E-state index contributed by atoms with van der Waals surface area (Å²) >= 11 is 3.58. The van der Waals surface area contributed by atoms with E-state index < -0.39 is 0 Å². The molecule has 0 unspecified atom stereocenters. The molecule has 1 aliphatic carbocycles. The molecule has 1 heterocycles. The molecule has 1 aromatic rings. The summed E-state index contributed by atoms with van der Waals surface area (Å²) in [6.45, 7) is 4.19. The molecule has 2 fully saturated rings. The lowest BCUT2D eigenvalue weighted by molar-refractivity contribution is 0.155. The smallest absolute Gasteiger partial charge is 0.123 e. The van der Waals surface area contributed by atoms with Gasteiger partial charge in [-0.3, -0.25) is 4.90 Å². The summed E-state index contributed by atoms with van der Waals surface area (Å²) in [4.78, 5) is 2.51. The molecule has 0 radical (unpaired) electrons. The molecule has 1 aromatic carbocycles. The van der Waals surface area contributed by atoms with Crippen LogP contribution in [0.1, 0.15) is 24.4 Å². The number of halogens is 4. The van der Waals surface area contributed by atoms with Crippen LogP contribution in [0.25, 0.3) is 0 Å². The van der Waals surface area contributed by atoms with Gasteiger partial charge in [0.05, 0.1) is 0 Å². The monoisotopic (exact) mass is 384 g/mol. The maximum absolute atomic E-state index is 13.5. The van der Waals surface area contributed by atoms with Crippen molar-refractivity contribution in [3.63, 3.8) is 0 Å². The minimum Gasteiger partial charge on any atom is -0.314 e. The first-order valence-electron chi connectivity index (χ1n) is 6.65. The number of rotatable bonds is 3. The van der Waals surface area contributed by atoms with Gasteiger partial charge >= 0.3 is 0 Å². The highest BCUT2D eigenvalue weighted by Gasteiger charge is 2.37. The van der Waals surface area contributed by atoms with Crippen molar-refractivity contribution in [3.05, 3.63) is 34.1 Å². The van der Waals surface area contributed by atoms with Gasteiger partial charge in [0.15, 0.2) is 0 Å². The Balaban J connectivity index is 0.000001000.